The van der Waals surface area contributed by atoms with Gasteiger partial charge in [-0.2, -0.15) is 0 Å². The first-order valence-electron chi connectivity index (χ1n) is 12.3. The molecule has 0 unspecified atom stereocenters. The van der Waals surface area contributed by atoms with E-state index in [9.17, 15) is 18.0 Å². The first kappa shape index (κ1) is 30.8. The Morgan fingerprint density at radius 1 is 0.897 bits per heavy atom. The Morgan fingerprint density at radius 2 is 1.59 bits per heavy atom. The van der Waals surface area contributed by atoms with Gasteiger partial charge in [-0.3, -0.25) is 13.9 Å². The van der Waals surface area contributed by atoms with Gasteiger partial charge in [-0.25, -0.2) is 8.42 Å². The summed E-state index contributed by atoms with van der Waals surface area (Å²) in [5, 5.41) is 3.77. The van der Waals surface area contributed by atoms with Gasteiger partial charge in [0, 0.05) is 18.1 Å². The minimum absolute atomic E-state index is 0.0131. The van der Waals surface area contributed by atoms with Gasteiger partial charge in [0.25, 0.3) is 10.0 Å². The molecule has 3 rings (SSSR count). The minimum atomic E-state index is -4.17. The van der Waals surface area contributed by atoms with Crippen molar-refractivity contribution in [3.8, 4) is 0 Å². The van der Waals surface area contributed by atoms with Gasteiger partial charge in [0.1, 0.15) is 12.6 Å². The first-order valence-corrected chi connectivity index (χ1v) is 14.9. The molecule has 0 aliphatic heterocycles. The fourth-order valence-electron chi connectivity index (χ4n) is 4.03. The van der Waals surface area contributed by atoms with Gasteiger partial charge in [0.15, 0.2) is 0 Å². The summed E-state index contributed by atoms with van der Waals surface area (Å²) in [5.41, 5.74) is 1.62. The molecule has 0 spiro atoms. The number of anilines is 1. The number of carbonyl (C=O) groups excluding carboxylic acids is 2. The highest BCUT2D eigenvalue weighted by Gasteiger charge is 2.33. The molecule has 39 heavy (non-hydrogen) atoms. The van der Waals surface area contributed by atoms with Crippen molar-refractivity contribution < 1.29 is 18.0 Å². The highest BCUT2D eigenvalue weighted by atomic mass is 35.5. The van der Waals surface area contributed by atoms with E-state index in [0.29, 0.717) is 33.6 Å². The van der Waals surface area contributed by atoms with E-state index in [4.69, 9.17) is 34.8 Å². The van der Waals surface area contributed by atoms with Crippen LogP contribution in [0.3, 0.4) is 0 Å². The largest absolute Gasteiger partial charge is 0.355 e. The number of aryl methyl sites for hydroxylation is 1. The summed E-state index contributed by atoms with van der Waals surface area (Å²) in [6.07, 6.45) is 0.306. The predicted octanol–water partition coefficient (Wildman–Crippen LogP) is 6.09. The van der Waals surface area contributed by atoms with Crippen molar-refractivity contribution in [3.05, 3.63) is 92.9 Å². The lowest BCUT2D eigenvalue weighted by Crippen LogP contribution is -2.52. The Bertz CT molecular complexity index is 1440. The molecule has 1 N–H and O–H groups in total. The average Bonchev–Trinajstić information content (AvgIpc) is 2.91. The smallest absolute Gasteiger partial charge is 0.264 e. The molecule has 0 aliphatic carbocycles. The van der Waals surface area contributed by atoms with E-state index in [-0.39, 0.29) is 23.0 Å². The lowest BCUT2D eigenvalue weighted by Gasteiger charge is -2.33. The van der Waals surface area contributed by atoms with Crippen molar-refractivity contribution in [2.45, 2.75) is 44.7 Å². The summed E-state index contributed by atoms with van der Waals surface area (Å²) >= 11 is 18.6. The SMILES string of the molecule is CCNC(=O)[C@@H](CC)N(Cc1ccc(Cl)c(Cl)c1)C(=O)CN(c1ccc(C)c(Cl)c1)S(=O)(=O)c1ccccc1. The van der Waals surface area contributed by atoms with Crippen molar-refractivity contribution in [2.24, 2.45) is 0 Å². The Morgan fingerprint density at radius 3 is 2.18 bits per heavy atom. The second-order valence-electron chi connectivity index (χ2n) is 8.85. The minimum Gasteiger partial charge on any atom is -0.355 e. The molecule has 11 heteroatoms. The first-order chi connectivity index (χ1) is 18.5. The van der Waals surface area contributed by atoms with E-state index in [0.717, 1.165) is 9.87 Å². The molecular weight excluding hydrogens is 581 g/mol. The van der Waals surface area contributed by atoms with Gasteiger partial charge in [0.05, 0.1) is 20.6 Å². The fraction of sp³-hybridized carbons (Fsp3) is 0.286. The summed E-state index contributed by atoms with van der Waals surface area (Å²) in [6.45, 7) is 5.19. The average molecular weight is 611 g/mol. The monoisotopic (exact) mass is 609 g/mol. The maximum atomic E-state index is 14.0. The number of benzene rings is 3. The van der Waals surface area contributed by atoms with E-state index < -0.39 is 28.5 Å². The topological polar surface area (TPSA) is 86.8 Å². The molecule has 1 atom stereocenters. The molecule has 0 aromatic heterocycles. The maximum Gasteiger partial charge on any atom is 0.264 e. The molecular formula is C28H30Cl3N3O4S. The molecule has 0 aliphatic rings. The van der Waals surface area contributed by atoms with Gasteiger partial charge in [0.2, 0.25) is 11.8 Å². The lowest BCUT2D eigenvalue weighted by molar-refractivity contribution is -0.140. The van der Waals surface area contributed by atoms with Crippen molar-refractivity contribution in [1.82, 2.24) is 10.2 Å². The maximum absolute atomic E-state index is 14.0. The number of halogens is 3. The molecule has 0 bridgehead atoms. The van der Waals surface area contributed by atoms with Crippen LogP contribution in [0.25, 0.3) is 0 Å². The molecule has 0 heterocycles. The third-order valence-electron chi connectivity index (χ3n) is 6.13. The molecule has 0 radical (unpaired) electrons. The summed E-state index contributed by atoms with van der Waals surface area (Å²) in [6, 6.07) is 16.7. The molecule has 0 saturated carbocycles. The van der Waals surface area contributed by atoms with E-state index in [1.54, 1.807) is 69.3 Å². The van der Waals surface area contributed by atoms with Crippen LogP contribution < -0.4 is 9.62 Å². The Hall–Kier alpha value is -2.78. The molecule has 208 valence electrons. The standard InChI is InChI=1S/C28H30Cl3N3O4S/c1-4-26(28(36)32-5-2)33(17-20-12-14-23(29)25(31)15-20)27(35)18-34(21-13-11-19(3)24(30)16-21)39(37,38)22-9-7-6-8-10-22/h6-16,26H,4-5,17-18H2,1-3H3,(H,32,36)/t26-/m1/s1. The van der Waals surface area contributed by atoms with Crippen LogP contribution in [-0.4, -0.2) is 44.3 Å². The van der Waals surface area contributed by atoms with Crippen LogP contribution in [0.15, 0.2) is 71.6 Å². The number of likely N-dealkylation sites (N-methyl/N-ethyl adjacent to an activating group) is 1. The quantitative estimate of drug-likeness (QED) is 0.285. The molecule has 3 aromatic carbocycles. The van der Waals surface area contributed by atoms with Crippen LogP contribution in [0.4, 0.5) is 5.69 Å². The molecule has 2 amide bonds. The number of sulfonamides is 1. The van der Waals surface area contributed by atoms with Gasteiger partial charge in [-0.15, -0.1) is 0 Å². The number of nitrogens with zero attached hydrogens (tertiary/aromatic N) is 2. The van der Waals surface area contributed by atoms with E-state index >= 15 is 0 Å². The molecule has 0 saturated heterocycles. The zero-order chi connectivity index (χ0) is 28.7. The van der Waals surface area contributed by atoms with Crippen molar-refractivity contribution in [1.29, 1.82) is 0 Å². The predicted molar refractivity (Wildman–Crippen MR) is 157 cm³/mol. The van der Waals surface area contributed by atoms with Crippen LogP contribution >= 0.6 is 34.8 Å². The van der Waals surface area contributed by atoms with E-state index in [2.05, 4.69) is 5.32 Å². The normalized spacial score (nSPS) is 12.1. The molecule has 0 fully saturated rings. The Balaban J connectivity index is 2.08. The number of carbonyl (C=O) groups is 2. The molecule has 7 nitrogen and oxygen atoms in total. The summed E-state index contributed by atoms with van der Waals surface area (Å²) in [5.74, 6) is -0.917. The highest BCUT2D eigenvalue weighted by Crippen LogP contribution is 2.29. The van der Waals surface area contributed by atoms with Gasteiger partial charge >= 0.3 is 0 Å². The number of amides is 2. The van der Waals surface area contributed by atoms with E-state index in [1.807, 2.05) is 0 Å². The van der Waals surface area contributed by atoms with Gasteiger partial charge < -0.3 is 10.2 Å². The lowest BCUT2D eigenvalue weighted by atomic mass is 10.1. The van der Waals surface area contributed by atoms with Gasteiger partial charge in [-0.1, -0.05) is 72.1 Å². The zero-order valence-corrected chi connectivity index (χ0v) is 24.9. The third-order valence-corrected chi connectivity index (χ3v) is 9.06. The van der Waals surface area contributed by atoms with Crippen molar-refractivity contribution >= 4 is 62.3 Å². The van der Waals surface area contributed by atoms with Crippen LogP contribution in [0.1, 0.15) is 31.4 Å². The van der Waals surface area contributed by atoms with Crippen LogP contribution in [0.2, 0.25) is 15.1 Å². The number of hydrogen-bond donors (Lipinski definition) is 1. The Kier molecular flexibility index (Phi) is 10.7. The summed E-state index contributed by atoms with van der Waals surface area (Å²) < 4.78 is 28.6. The highest BCUT2D eigenvalue weighted by molar-refractivity contribution is 7.92. The number of hydrogen-bond acceptors (Lipinski definition) is 4. The number of rotatable bonds is 11. The zero-order valence-electron chi connectivity index (χ0n) is 21.8. The Labute approximate surface area is 244 Å². The van der Waals surface area contributed by atoms with Crippen LogP contribution in [0, 0.1) is 6.92 Å². The summed E-state index contributed by atoms with van der Waals surface area (Å²) in [4.78, 5) is 28.3. The fourth-order valence-corrected chi connectivity index (χ4v) is 5.95. The third kappa shape index (κ3) is 7.45. The molecule has 3 aromatic rings. The number of nitrogens with one attached hydrogen (secondary N) is 1. The van der Waals surface area contributed by atoms with Crippen LogP contribution in [0.5, 0.6) is 0 Å². The van der Waals surface area contributed by atoms with Gasteiger partial charge in [-0.05, 0) is 67.8 Å². The van der Waals surface area contributed by atoms with Crippen molar-refractivity contribution in [2.75, 3.05) is 17.4 Å². The second kappa shape index (κ2) is 13.5. The second-order valence-corrected chi connectivity index (χ2v) is 11.9. The van der Waals surface area contributed by atoms with Crippen LogP contribution in [-0.2, 0) is 26.2 Å². The summed E-state index contributed by atoms with van der Waals surface area (Å²) in [7, 11) is -4.17. The van der Waals surface area contributed by atoms with Crippen molar-refractivity contribution in [3.63, 3.8) is 0 Å². The van der Waals surface area contributed by atoms with E-state index in [1.165, 1.54) is 23.1 Å².